The Morgan fingerprint density at radius 1 is 1.42 bits per heavy atom. The van der Waals surface area contributed by atoms with Crippen LogP contribution in [-0.2, 0) is 9.53 Å². The minimum Gasteiger partial charge on any atom is -0.392 e. The molecule has 1 saturated heterocycles. The van der Waals surface area contributed by atoms with Crippen LogP contribution in [0, 0.1) is 5.41 Å². The second kappa shape index (κ2) is 7.20. The van der Waals surface area contributed by atoms with Crippen molar-refractivity contribution in [1.82, 2.24) is 4.90 Å². The second-order valence-electron chi connectivity index (χ2n) is 5.38. The van der Waals surface area contributed by atoms with Gasteiger partial charge >= 0.3 is 0 Å². The number of thiocarbonyl (C=S) groups is 1. The molecule has 1 heterocycles. The van der Waals surface area contributed by atoms with Crippen molar-refractivity contribution in [3.05, 3.63) is 0 Å². The van der Waals surface area contributed by atoms with E-state index in [9.17, 15) is 4.79 Å². The molecule has 0 bridgehead atoms. The Bertz CT molecular complexity index is 321. The maximum Gasteiger partial charge on any atom is 0.235 e. The highest BCUT2D eigenvalue weighted by molar-refractivity contribution is 7.80. The molecule has 0 saturated carbocycles. The smallest absolute Gasteiger partial charge is 0.235 e. The molecular weight excluding hydrogens is 260 g/mol. The molecule has 0 aromatic carbocycles. The van der Waals surface area contributed by atoms with Gasteiger partial charge in [-0.25, -0.2) is 0 Å². The lowest BCUT2D eigenvalue weighted by Gasteiger charge is -2.37. The first-order valence-electron chi connectivity index (χ1n) is 7.14. The predicted molar refractivity (Wildman–Crippen MR) is 81.0 cm³/mol. The normalized spacial score (nSPS) is 19.4. The quantitative estimate of drug-likeness (QED) is 0.728. The zero-order chi connectivity index (χ0) is 14.5. The van der Waals surface area contributed by atoms with Gasteiger partial charge in [-0.15, -0.1) is 0 Å². The number of likely N-dealkylation sites (N-methyl/N-ethyl adjacent to an activating group) is 1. The van der Waals surface area contributed by atoms with E-state index in [0.717, 1.165) is 38.7 Å². The molecule has 0 aromatic heterocycles. The first kappa shape index (κ1) is 16.4. The van der Waals surface area contributed by atoms with Gasteiger partial charge in [0.25, 0.3) is 0 Å². The standard InChI is InChI=1S/C14H26N2O2S/c1-4-7-14(8-5-2,12(15)19)13(17)16(3)11-6-9-18-10-11/h11H,4-10H2,1-3H3,(H2,15,19). The lowest BCUT2D eigenvalue weighted by Crippen LogP contribution is -2.52. The van der Waals surface area contributed by atoms with Crippen LogP contribution in [0.5, 0.6) is 0 Å². The van der Waals surface area contributed by atoms with E-state index in [1.807, 2.05) is 7.05 Å². The third-order valence-corrected chi connectivity index (χ3v) is 4.40. The van der Waals surface area contributed by atoms with Crippen molar-refractivity contribution in [2.45, 2.75) is 52.0 Å². The van der Waals surface area contributed by atoms with Crippen molar-refractivity contribution in [1.29, 1.82) is 0 Å². The third kappa shape index (κ3) is 3.45. The monoisotopic (exact) mass is 286 g/mol. The lowest BCUT2D eigenvalue weighted by molar-refractivity contribution is -0.139. The molecule has 110 valence electrons. The van der Waals surface area contributed by atoms with Crippen molar-refractivity contribution in [3.8, 4) is 0 Å². The fraction of sp³-hybridized carbons (Fsp3) is 0.857. The first-order chi connectivity index (χ1) is 8.99. The molecule has 5 heteroatoms. The Balaban J connectivity index is 2.94. The highest BCUT2D eigenvalue weighted by Gasteiger charge is 2.43. The van der Waals surface area contributed by atoms with Gasteiger partial charge in [-0.3, -0.25) is 4.79 Å². The van der Waals surface area contributed by atoms with E-state index >= 15 is 0 Å². The summed E-state index contributed by atoms with van der Waals surface area (Å²) in [5, 5.41) is 0. The number of hydrogen-bond donors (Lipinski definition) is 1. The van der Waals surface area contributed by atoms with E-state index in [1.165, 1.54) is 0 Å². The van der Waals surface area contributed by atoms with Gasteiger partial charge in [-0.2, -0.15) is 0 Å². The second-order valence-corrected chi connectivity index (χ2v) is 5.82. The van der Waals surface area contributed by atoms with Crippen LogP contribution in [0.15, 0.2) is 0 Å². The highest BCUT2D eigenvalue weighted by Crippen LogP contribution is 2.33. The largest absolute Gasteiger partial charge is 0.392 e. The maximum absolute atomic E-state index is 12.9. The summed E-state index contributed by atoms with van der Waals surface area (Å²) in [6.45, 7) is 5.47. The topological polar surface area (TPSA) is 55.6 Å². The summed E-state index contributed by atoms with van der Waals surface area (Å²) in [4.78, 5) is 15.0. The van der Waals surface area contributed by atoms with Crippen molar-refractivity contribution in [2.75, 3.05) is 20.3 Å². The van der Waals surface area contributed by atoms with Crippen LogP contribution in [0.4, 0.5) is 0 Å². The van der Waals surface area contributed by atoms with Crippen LogP contribution in [0.2, 0.25) is 0 Å². The summed E-state index contributed by atoms with van der Waals surface area (Å²) in [5.41, 5.74) is 5.26. The molecule has 0 aromatic rings. The van der Waals surface area contributed by atoms with Gasteiger partial charge < -0.3 is 15.4 Å². The molecule has 1 aliphatic heterocycles. The molecular formula is C14H26N2O2S. The number of amides is 1. The van der Waals surface area contributed by atoms with Crippen LogP contribution < -0.4 is 5.73 Å². The minimum atomic E-state index is -0.670. The number of nitrogens with zero attached hydrogens (tertiary/aromatic N) is 1. The van der Waals surface area contributed by atoms with E-state index in [0.29, 0.717) is 11.6 Å². The van der Waals surface area contributed by atoms with Gasteiger partial charge in [0, 0.05) is 13.7 Å². The predicted octanol–water partition coefficient (Wildman–Crippen LogP) is 2.11. The van der Waals surface area contributed by atoms with E-state index in [4.69, 9.17) is 22.7 Å². The van der Waals surface area contributed by atoms with Crippen LogP contribution >= 0.6 is 12.2 Å². The van der Waals surface area contributed by atoms with E-state index < -0.39 is 5.41 Å². The van der Waals surface area contributed by atoms with E-state index in [1.54, 1.807) is 4.90 Å². The molecule has 4 nitrogen and oxygen atoms in total. The van der Waals surface area contributed by atoms with Crippen molar-refractivity contribution in [2.24, 2.45) is 11.1 Å². The molecule has 1 fully saturated rings. The number of carbonyl (C=O) groups is 1. The molecule has 1 amide bonds. The Morgan fingerprint density at radius 2 is 2.00 bits per heavy atom. The zero-order valence-electron chi connectivity index (χ0n) is 12.3. The summed E-state index contributed by atoms with van der Waals surface area (Å²) in [7, 11) is 1.85. The van der Waals surface area contributed by atoms with Crippen molar-refractivity contribution < 1.29 is 9.53 Å². The van der Waals surface area contributed by atoms with Crippen LogP contribution in [0.25, 0.3) is 0 Å². The Labute approximate surface area is 121 Å². The molecule has 1 aliphatic rings. The highest BCUT2D eigenvalue weighted by atomic mass is 32.1. The average molecular weight is 286 g/mol. The lowest BCUT2D eigenvalue weighted by atomic mass is 9.77. The fourth-order valence-corrected chi connectivity index (χ4v) is 3.17. The number of ether oxygens (including phenoxy) is 1. The summed E-state index contributed by atoms with van der Waals surface area (Å²) < 4.78 is 5.36. The molecule has 1 unspecified atom stereocenters. The van der Waals surface area contributed by atoms with Gasteiger partial charge in [0.05, 0.1) is 23.1 Å². The minimum absolute atomic E-state index is 0.0687. The van der Waals surface area contributed by atoms with Gasteiger partial charge in [0.15, 0.2) is 0 Å². The Hall–Kier alpha value is -0.680. The molecule has 0 aliphatic carbocycles. The average Bonchev–Trinajstić information content (AvgIpc) is 2.90. The summed E-state index contributed by atoms with van der Waals surface area (Å²) in [6.07, 6.45) is 4.16. The molecule has 1 rings (SSSR count). The Kier molecular flexibility index (Phi) is 6.20. The summed E-state index contributed by atoms with van der Waals surface area (Å²) in [5.74, 6) is 0.0687. The molecule has 1 atom stereocenters. The summed E-state index contributed by atoms with van der Waals surface area (Å²) in [6, 6.07) is 0.162. The van der Waals surface area contributed by atoms with Gasteiger partial charge in [0.1, 0.15) is 0 Å². The Morgan fingerprint density at radius 3 is 2.37 bits per heavy atom. The molecule has 0 spiro atoms. The summed E-state index contributed by atoms with van der Waals surface area (Å²) >= 11 is 5.23. The molecule has 2 N–H and O–H groups in total. The first-order valence-corrected chi connectivity index (χ1v) is 7.55. The van der Waals surface area contributed by atoms with Crippen LogP contribution in [0.1, 0.15) is 46.0 Å². The van der Waals surface area contributed by atoms with Crippen molar-refractivity contribution in [3.63, 3.8) is 0 Å². The van der Waals surface area contributed by atoms with Crippen LogP contribution in [-0.4, -0.2) is 42.1 Å². The third-order valence-electron chi connectivity index (χ3n) is 4.01. The number of hydrogen-bond acceptors (Lipinski definition) is 3. The SMILES string of the molecule is CCCC(CCC)(C(=O)N(C)C1CCOC1)C(N)=S. The number of nitrogens with two attached hydrogens (primary N) is 1. The number of carbonyl (C=O) groups excluding carboxylic acids is 1. The molecule has 0 radical (unpaired) electrons. The van der Waals surface area contributed by atoms with Gasteiger partial charge in [0.2, 0.25) is 5.91 Å². The maximum atomic E-state index is 12.9. The van der Waals surface area contributed by atoms with Crippen molar-refractivity contribution >= 4 is 23.1 Å². The van der Waals surface area contributed by atoms with Gasteiger partial charge in [-0.1, -0.05) is 38.9 Å². The van der Waals surface area contributed by atoms with E-state index in [-0.39, 0.29) is 11.9 Å². The zero-order valence-corrected chi connectivity index (χ0v) is 13.1. The van der Waals surface area contributed by atoms with E-state index in [2.05, 4.69) is 13.8 Å². The molecule has 19 heavy (non-hydrogen) atoms. The van der Waals surface area contributed by atoms with Gasteiger partial charge in [-0.05, 0) is 19.3 Å². The van der Waals surface area contributed by atoms with Crippen LogP contribution in [0.3, 0.4) is 0 Å². The fourth-order valence-electron chi connectivity index (χ4n) is 2.88. The number of rotatable bonds is 7.